The molecule has 5 nitrogen and oxygen atoms in total. The first-order chi connectivity index (χ1) is 9.15. The van der Waals surface area contributed by atoms with Crippen LogP contribution in [0.4, 0.5) is 0 Å². The Morgan fingerprint density at radius 1 is 1.32 bits per heavy atom. The Morgan fingerprint density at radius 2 is 2.05 bits per heavy atom. The second-order valence-corrected chi connectivity index (χ2v) is 5.34. The van der Waals surface area contributed by atoms with Gasteiger partial charge in [-0.25, -0.2) is 0 Å². The van der Waals surface area contributed by atoms with Gasteiger partial charge in [-0.2, -0.15) is 11.8 Å². The van der Waals surface area contributed by atoms with Crippen molar-refractivity contribution in [2.75, 3.05) is 25.7 Å². The summed E-state index contributed by atoms with van der Waals surface area (Å²) in [7, 11) is 3.18. The fraction of sp³-hybridized carbons (Fsp3) is 0.462. The van der Waals surface area contributed by atoms with E-state index in [0.29, 0.717) is 17.3 Å². The Balaban J connectivity index is 2.19. The lowest BCUT2D eigenvalue weighted by Gasteiger charge is -2.28. The van der Waals surface area contributed by atoms with E-state index in [1.807, 2.05) is 18.2 Å². The van der Waals surface area contributed by atoms with Crippen molar-refractivity contribution in [3.63, 3.8) is 0 Å². The Kier molecular flexibility index (Phi) is 4.55. The van der Waals surface area contributed by atoms with Crippen molar-refractivity contribution >= 4 is 17.7 Å². The standard InChI is InChI=1S/C13H17NO4S/c1-17-11-4-3-8(5-12(11)18-2)9-6-19-7-10(14-9)13(15)16/h3-5,9-10,14H,6-7H2,1-2H3,(H,15,16). The average Bonchev–Trinajstić information content (AvgIpc) is 2.46. The summed E-state index contributed by atoms with van der Waals surface area (Å²) in [6.07, 6.45) is 0. The Bertz CT molecular complexity index is 466. The maximum absolute atomic E-state index is 11.0. The van der Waals surface area contributed by atoms with E-state index in [-0.39, 0.29) is 6.04 Å². The van der Waals surface area contributed by atoms with Crippen LogP contribution in [-0.4, -0.2) is 42.8 Å². The van der Waals surface area contributed by atoms with Crippen LogP contribution in [0.3, 0.4) is 0 Å². The molecule has 1 fully saturated rings. The zero-order valence-corrected chi connectivity index (χ0v) is 11.7. The largest absolute Gasteiger partial charge is 0.493 e. The molecule has 19 heavy (non-hydrogen) atoms. The lowest BCUT2D eigenvalue weighted by atomic mass is 10.1. The number of nitrogens with one attached hydrogen (secondary N) is 1. The highest BCUT2D eigenvalue weighted by molar-refractivity contribution is 7.99. The van der Waals surface area contributed by atoms with Gasteiger partial charge in [0.05, 0.1) is 14.2 Å². The Labute approximate surface area is 116 Å². The quantitative estimate of drug-likeness (QED) is 0.873. The van der Waals surface area contributed by atoms with Gasteiger partial charge in [0, 0.05) is 17.5 Å². The van der Waals surface area contributed by atoms with Crippen molar-refractivity contribution in [2.45, 2.75) is 12.1 Å². The first-order valence-electron chi connectivity index (χ1n) is 5.94. The molecule has 1 aliphatic rings. The summed E-state index contributed by atoms with van der Waals surface area (Å²) in [5, 5.41) is 12.2. The molecule has 0 saturated carbocycles. The monoisotopic (exact) mass is 283 g/mol. The predicted molar refractivity (Wildman–Crippen MR) is 74.2 cm³/mol. The molecular weight excluding hydrogens is 266 g/mol. The van der Waals surface area contributed by atoms with Gasteiger partial charge in [0.1, 0.15) is 6.04 Å². The lowest BCUT2D eigenvalue weighted by Crippen LogP contribution is -2.45. The van der Waals surface area contributed by atoms with Crippen LogP contribution in [0, 0.1) is 0 Å². The number of rotatable bonds is 4. The second-order valence-electron chi connectivity index (χ2n) is 4.26. The minimum Gasteiger partial charge on any atom is -0.493 e. The third-order valence-corrected chi connectivity index (χ3v) is 4.22. The molecule has 0 spiro atoms. The summed E-state index contributed by atoms with van der Waals surface area (Å²) in [6, 6.07) is 5.17. The van der Waals surface area contributed by atoms with Crippen LogP contribution in [0.1, 0.15) is 11.6 Å². The van der Waals surface area contributed by atoms with Crippen LogP contribution in [0.5, 0.6) is 11.5 Å². The van der Waals surface area contributed by atoms with Crippen LogP contribution in [0.15, 0.2) is 18.2 Å². The summed E-state index contributed by atoms with van der Waals surface area (Å²) in [5.41, 5.74) is 1.01. The number of methoxy groups -OCH3 is 2. The molecule has 0 amide bonds. The van der Waals surface area contributed by atoms with Gasteiger partial charge in [-0.15, -0.1) is 0 Å². The molecule has 0 radical (unpaired) electrons. The van der Waals surface area contributed by atoms with Crippen molar-refractivity contribution in [3.05, 3.63) is 23.8 Å². The summed E-state index contributed by atoms with van der Waals surface area (Å²) in [5.74, 6) is 1.96. The van der Waals surface area contributed by atoms with E-state index in [0.717, 1.165) is 11.3 Å². The van der Waals surface area contributed by atoms with E-state index in [4.69, 9.17) is 14.6 Å². The molecule has 2 atom stereocenters. The van der Waals surface area contributed by atoms with Gasteiger partial charge < -0.3 is 14.6 Å². The third kappa shape index (κ3) is 3.13. The van der Waals surface area contributed by atoms with Crippen molar-refractivity contribution in [3.8, 4) is 11.5 Å². The molecule has 104 valence electrons. The number of carbonyl (C=O) groups is 1. The van der Waals surface area contributed by atoms with Gasteiger partial charge in [0.2, 0.25) is 0 Å². The Morgan fingerprint density at radius 3 is 2.68 bits per heavy atom. The number of thioether (sulfide) groups is 1. The first-order valence-corrected chi connectivity index (χ1v) is 7.09. The highest BCUT2D eigenvalue weighted by atomic mass is 32.2. The summed E-state index contributed by atoms with van der Waals surface area (Å²) >= 11 is 1.64. The minimum atomic E-state index is -0.808. The molecule has 1 aromatic rings. The molecular formula is C13H17NO4S. The molecule has 1 aromatic carbocycles. The second kappa shape index (κ2) is 6.16. The van der Waals surface area contributed by atoms with Crippen molar-refractivity contribution < 1.29 is 19.4 Å². The van der Waals surface area contributed by atoms with Crippen molar-refractivity contribution in [2.24, 2.45) is 0 Å². The summed E-state index contributed by atoms with van der Waals surface area (Å²) in [6.45, 7) is 0. The summed E-state index contributed by atoms with van der Waals surface area (Å²) in [4.78, 5) is 11.0. The van der Waals surface area contributed by atoms with Gasteiger partial charge >= 0.3 is 5.97 Å². The minimum absolute atomic E-state index is 0.0136. The van der Waals surface area contributed by atoms with Crippen molar-refractivity contribution in [1.82, 2.24) is 5.32 Å². The maximum Gasteiger partial charge on any atom is 0.321 e. The number of hydrogen-bond acceptors (Lipinski definition) is 5. The van der Waals surface area contributed by atoms with E-state index in [2.05, 4.69) is 5.32 Å². The van der Waals surface area contributed by atoms with Crippen LogP contribution in [0.2, 0.25) is 0 Å². The van der Waals surface area contributed by atoms with Gasteiger partial charge in [-0.1, -0.05) is 6.07 Å². The molecule has 1 saturated heterocycles. The smallest absolute Gasteiger partial charge is 0.321 e. The van der Waals surface area contributed by atoms with Gasteiger partial charge in [0.25, 0.3) is 0 Å². The lowest BCUT2D eigenvalue weighted by molar-refractivity contribution is -0.139. The predicted octanol–water partition coefficient (Wildman–Crippen LogP) is 1.53. The number of hydrogen-bond donors (Lipinski definition) is 2. The SMILES string of the molecule is COc1ccc(C2CSCC(C(=O)O)N2)cc1OC. The van der Waals surface area contributed by atoms with Crippen LogP contribution in [-0.2, 0) is 4.79 Å². The Hall–Kier alpha value is -1.40. The first kappa shape index (κ1) is 14.0. The van der Waals surface area contributed by atoms with E-state index in [1.165, 1.54) is 0 Å². The number of ether oxygens (including phenoxy) is 2. The fourth-order valence-corrected chi connectivity index (χ4v) is 3.18. The molecule has 0 aliphatic carbocycles. The third-order valence-electron chi connectivity index (χ3n) is 3.08. The van der Waals surface area contributed by atoms with Crippen molar-refractivity contribution in [1.29, 1.82) is 0 Å². The molecule has 6 heteroatoms. The van der Waals surface area contributed by atoms with Crippen LogP contribution in [0.25, 0.3) is 0 Å². The molecule has 1 heterocycles. The number of carboxylic acid groups (broad SMARTS) is 1. The van der Waals surface area contributed by atoms with E-state index in [9.17, 15) is 4.79 Å². The highest BCUT2D eigenvalue weighted by Crippen LogP contribution is 2.32. The molecule has 2 rings (SSSR count). The van der Waals surface area contributed by atoms with Gasteiger partial charge in [-0.3, -0.25) is 10.1 Å². The number of benzene rings is 1. The van der Waals surface area contributed by atoms with Crippen LogP contribution < -0.4 is 14.8 Å². The summed E-state index contributed by atoms with van der Waals surface area (Å²) < 4.78 is 10.5. The normalized spacial score (nSPS) is 22.8. The molecule has 2 N–H and O–H groups in total. The van der Waals surface area contributed by atoms with Gasteiger partial charge in [-0.05, 0) is 17.7 Å². The van der Waals surface area contributed by atoms with E-state index >= 15 is 0 Å². The van der Waals surface area contributed by atoms with E-state index < -0.39 is 12.0 Å². The maximum atomic E-state index is 11.0. The molecule has 1 aliphatic heterocycles. The fourth-order valence-electron chi connectivity index (χ4n) is 2.05. The zero-order valence-electron chi connectivity index (χ0n) is 10.9. The molecule has 2 unspecified atom stereocenters. The molecule has 0 aromatic heterocycles. The zero-order chi connectivity index (χ0) is 13.8. The average molecular weight is 283 g/mol. The highest BCUT2D eigenvalue weighted by Gasteiger charge is 2.27. The number of carboxylic acids is 1. The van der Waals surface area contributed by atoms with Crippen LogP contribution >= 0.6 is 11.8 Å². The topological polar surface area (TPSA) is 67.8 Å². The number of aliphatic carboxylic acids is 1. The van der Waals surface area contributed by atoms with Gasteiger partial charge in [0.15, 0.2) is 11.5 Å². The van der Waals surface area contributed by atoms with E-state index in [1.54, 1.807) is 26.0 Å². The molecule has 0 bridgehead atoms.